The molecular weight excluding hydrogens is 603 g/mol. The number of alkyl halides is 9. The van der Waals surface area contributed by atoms with Crippen LogP contribution in [0.4, 0.5) is 39.5 Å². The maximum Gasteiger partial charge on any atom is 3.00 e. The molecule has 1 radical (unpaired) electrons. The zero-order chi connectivity index (χ0) is 21.0. The Kier molecular flexibility index (Phi) is 16.4. The third-order valence-electron chi connectivity index (χ3n) is 0.850. The van der Waals surface area contributed by atoms with Gasteiger partial charge in [-0.1, -0.05) is 0 Å². The van der Waals surface area contributed by atoms with E-state index >= 15 is 0 Å². The molecule has 2 N–H and O–H groups in total. The summed E-state index contributed by atoms with van der Waals surface area (Å²) in [6, 6.07) is 0. The molecule has 0 saturated carbocycles. The summed E-state index contributed by atoms with van der Waals surface area (Å²) in [6.07, 6.45) is 0. The first-order valence-corrected chi connectivity index (χ1v) is 8.04. The monoisotopic (exact) mass is 605 g/mol. The van der Waals surface area contributed by atoms with Crippen molar-refractivity contribution < 1.29 is 126 Å². The van der Waals surface area contributed by atoms with Crippen LogP contribution < -0.4 is 0 Å². The Morgan fingerprint density at radius 1 is 0.462 bits per heavy atom. The van der Waals surface area contributed by atoms with Gasteiger partial charge in [0.1, 0.15) is 0 Å². The average Bonchev–Trinajstić information content (AvgIpc) is 2.08. The Labute approximate surface area is 171 Å². The minimum atomic E-state index is -6.09. The maximum absolute atomic E-state index is 10.7. The number of hydrogen-bond donors (Lipinski definition) is 0. The molecule has 0 spiro atoms. The number of hydrogen-bond acceptors (Lipinski definition) is 9. The standard InChI is InChI=1S/3CHF3O3S.Ce.H2O/c3*2-1(3,4)8(5,6)7;;/h3*(H,5,6,7);;1H2/q;;;+3;/p-3. The molecule has 26 heavy (non-hydrogen) atoms. The van der Waals surface area contributed by atoms with Crippen LogP contribution in [0.15, 0.2) is 0 Å². The van der Waals surface area contributed by atoms with Crippen LogP contribution in [0.2, 0.25) is 0 Å². The van der Waals surface area contributed by atoms with Gasteiger partial charge in [0, 0.05) is 0 Å². The summed E-state index contributed by atoms with van der Waals surface area (Å²) in [5.74, 6) is 0. The van der Waals surface area contributed by atoms with E-state index in [9.17, 15) is 39.5 Å². The third-order valence-corrected chi connectivity index (χ3v) is 2.55. The summed E-state index contributed by atoms with van der Waals surface area (Å²) in [6.45, 7) is 0. The maximum atomic E-state index is 10.7. The molecular formula is C3H2CeF9O10S3. The molecule has 0 amide bonds. The Morgan fingerprint density at radius 2 is 0.500 bits per heavy atom. The van der Waals surface area contributed by atoms with Gasteiger partial charge in [0.15, 0.2) is 30.4 Å². The van der Waals surface area contributed by atoms with Crippen LogP contribution in [0, 0.1) is 41.7 Å². The van der Waals surface area contributed by atoms with E-state index < -0.39 is 46.9 Å². The molecule has 0 bridgehead atoms. The average molecular weight is 605 g/mol. The molecule has 0 atom stereocenters. The second-order valence-electron chi connectivity index (χ2n) is 2.70. The molecule has 0 rings (SSSR count). The van der Waals surface area contributed by atoms with Gasteiger partial charge in [-0.2, -0.15) is 39.5 Å². The molecule has 0 saturated heterocycles. The van der Waals surface area contributed by atoms with E-state index in [1.165, 1.54) is 0 Å². The van der Waals surface area contributed by atoms with E-state index in [0.29, 0.717) is 0 Å². The first-order chi connectivity index (χ1) is 9.75. The second kappa shape index (κ2) is 11.4. The van der Waals surface area contributed by atoms with E-state index in [2.05, 4.69) is 0 Å². The van der Waals surface area contributed by atoms with E-state index in [1.54, 1.807) is 0 Å². The summed E-state index contributed by atoms with van der Waals surface area (Å²) >= 11 is 0. The molecule has 0 aliphatic rings. The molecule has 0 aromatic carbocycles. The number of halogens is 9. The van der Waals surface area contributed by atoms with Crippen LogP contribution >= 0.6 is 0 Å². The molecule has 159 valence electrons. The van der Waals surface area contributed by atoms with E-state index in [-0.39, 0.29) is 47.2 Å². The molecule has 23 heteroatoms. The number of rotatable bonds is 0. The van der Waals surface area contributed by atoms with Crippen LogP contribution in [0.3, 0.4) is 0 Å². The van der Waals surface area contributed by atoms with E-state index in [0.717, 1.165) is 0 Å². The zero-order valence-electron chi connectivity index (χ0n) is 10.8. The fourth-order valence-corrected chi connectivity index (χ4v) is 0. The third kappa shape index (κ3) is 17.8. The molecule has 0 aromatic heterocycles. The van der Waals surface area contributed by atoms with Crippen LogP contribution in [0.1, 0.15) is 0 Å². The Morgan fingerprint density at radius 3 is 0.500 bits per heavy atom. The van der Waals surface area contributed by atoms with Crippen LogP contribution in [0.25, 0.3) is 0 Å². The minimum absolute atomic E-state index is 0. The van der Waals surface area contributed by atoms with Gasteiger partial charge in [0.25, 0.3) is 0 Å². The van der Waals surface area contributed by atoms with E-state index in [1.807, 2.05) is 0 Å². The minimum Gasteiger partial charge on any atom is -0.741 e. The molecule has 0 aliphatic carbocycles. The van der Waals surface area contributed by atoms with Crippen molar-refractivity contribution in [2.75, 3.05) is 0 Å². The van der Waals surface area contributed by atoms with Gasteiger partial charge in [-0.15, -0.1) is 0 Å². The van der Waals surface area contributed by atoms with Crippen LogP contribution in [0.5, 0.6) is 0 Å². The first-order valence-electron chi connectivity index (χ1n) is 3.81. The molecule has 0 aliphatic heterocycles. The van der Waals surface area contributed by atoms with Crippen molar-refractivity contribution in [1.82, 2.24) is 0 Å². The quantitative estimate of drug-likeness (QED) is 0.195. The van der Waals surface area contributed by atoms with Gasteiger partial charge >= 0.3 is 58.3 Å². The summed E-state index contributed by atoms with van der Waals surface area (Å²) in [4.78, 5) is 0. The van der Waals surface area contributed by atoms with Crippen molar-refractivity contribution in [3.8, 4) is 0 Å². The van der Waals surface area contributed by atoms with Gasteiger partial charge in [-0.25, -0.2) is 25.3 Å². The summed E-state index contributed by atoms with van der Waals surface area (Å²) in [5.41, 5.74) is -16.9. The van der Waals surface area contributed by atoms with Crippen molar-refractivity contribution in [2.24, 2.45) is 0 Å². The topological polar surface area (TPSA) is 203 Å². The van der Waals surface area contributed by atoms with Crippen LogP contribution in [-0.2, 0) is 30.4 Å². The second-order valence-corrected chi connectivity index (χ2v) is 6.81. The Hall–Kier alpha value is 0.437. The molecule has 10 nitrogen and oxygen atoms in total. The molecule has 0 fully saturated rings. The molecule has 0 aromatic rings. The summed E-state index contributed by atoms with van der Waals surface area (Å²) in [7, 11) is -18.3. The normalized spacial score (nSPS) is 12.9. The Bertz CT molecular complexity index is 598. The Balaban J connectivity index is -0.0000000817. The van der Waals surface area contributed by atoms with Gasteiger partial charge in [-0.05, 0) is 0 Å². The van der Waals surface area contributed by atoms with E-state index in [4.69, 9.17) is 38.9 Å². The van der Waals surface area contributed by atoms with Crippen molar-refractivity contribution >= 4 is 30.4 Å². The fraction of sp³-hybridized carbons (Fsp3) is 1.00. The summed E-state index contributed by atoms with van der Waals surface area (Å²) < 4.78 is 177. The molecule has 0 heterocycles. The zero-order valence-corrected chi connectivity index (χ0v) is 16.4. The predicted octanol–water partition coefficient (Wildman–Crippen LogP) is -0.670. The van der Waals surface area contributed by atoms with Gasteiger partial charge in [0.05, 0.1) is 0 Å². The van der Waals surface area contributed by atoms with Gasteiger partial charge in [-0.3, -0.25) is 0 Å². The SMILES string of the molecule is O.O=S(=O)([O-])C(F)(F)F.O=S(=O)([O-])C(F)(F)F.O=S(=O)([O-])C(F)(F)F.[Ce+3]. The smallest absolute Gasteiger partial charge is 0.741 e. The van der Waals surface area contributed by atoms with Gasteiger partial charge < -0.3 is 19.1 Å². The van der Waals surface area contributed by atoms with Crippen molar-refractivity contribution in [1.29, 1.82) is 0 Å². The van der Waals surface area contributed by atoms with Crippen LogP contribution in [-0.4, -0.2) is 60.9 Å². The fourth-order valence-electron chi connectivity index (χ4n) is 0. The summed E-state index contributed by atoms with van der Waals surface area (Å²) in [5, 5.41) is 0. The predicted molar refractivity (Wildman–Crippen MR) is 50.9 cm³/mol. The van der Waals surface area contributed by atoms with Crippen molar-refractivity contribution in [2.45, 2.75) is 16.5 Å². The van der Waals surface area contributed by atoms with Gasteiger partial charge in [0.2, 0.25) is 0 Å². The van der Waals surface area contributed by atoms with Crippen molar-refractivity contribution in [3.05, 3.63) is 0 Å². The first kappa shape index (κ1) is 37.2. The molecule has 0 unspecified atom stereocenters. The largest absolute Gasteiger partial charge is 3.00 e. The van der Waals surface area contributed by atoms with Crippen molar-refractivity contribution in [3.63, 3.8) is 0 Å².